The van der Waals surface area contributed by atoms with Gasteiger partial charge in [-0.15, -0.1) is 11.3 Å². The Morgan fingerprint density at radius 2 is 1.83 bits per heavy atom. The molecule has 0 atom stereocenters. The van der Waals surface area contributed by atoms with Gasteiger partial charge >= 0.3 is 0 Å². The van der Waals surface area contributed by atoms with Crippen LogP contribution in [0.25, 0.3) is 32.2 Å². The molecule has 18 heavy (non-hydrogen) atoms. The topological polar surface area (TPSA) is 26.0 Å². The van der Waals surface area contributed by atoms with E-state index in [9.17, 15) is 0 Å². The average molecular weight is 294 g/mol. The number of thiazole rings is 1. The van der Waals surface area contributed by atoms with Gasteiger partial charge in [-0.3, -0.25) is 0 Å². The lowest BCUT2D eigenvalue weighted by atomic mass is 10.1. The van der Waals surface area contributed by atoms with Gasteiger partial charge in [0, 0.05) is 27.9 Å². The number of fused-ring (bicyclic) bond motifs is 4. The molecule has 0 N–H and O–H groups in total. The quantitative estimate of drug-likeness (QED) is 0.428. The molecule has 0 spiro atoms. The summed E-state index contributed by atoms with van der Waals surface area (Å²) >= 11 is 13.3. The number of hydrogen-bond donors (Lipinski definition) is 0. The maximum atomic E-state index is 5.96. The highest BCUT2D eigenvalue weighted by Crippen LogP contribution is 2.35. The number of halogens is 2. The Balaban J connectivity index is 2.21. The van der Waals surface area contributed by atoms with E-state index >= 15 is 0 Å². The highest BCUT2D eigenvalue weighted by atomic mass is 35.5. The van der Waals surface area contributed by atoms with Crippen molar-refractivity contribution in [1.29, 1.82) is 0 Å². The van der Waals surface area contributed by atoms with E-state index in [0.29, 0.717) is 9.49 Å². The molecule has 0 saturated carbocycles. The predicted molar refractivity (Wildman–Crippen MR) is 76.9 cm³/mol. The maximum absolute atomic E-state index is 5.96. The lowest BCUT2D eigenvalue weighted by Crippen LogP contribution is -1.69. The first kappa shape index (κ1) is 10.6. The summed E-state index contributed by atoms with van der Waals surface area (Å²) in [6.07, 6.45) is 0. The smallest absolute Gasteiger partial charge is 0.184 e. The van der Waals surface area contributed by atoms with E-state index in [1.54, 1.807) is 0 Å². The van der Waals surface area contributed by atoms with Crippen LogP contribution in [-0.4, -0.2) is 4.98 Å². The zero-order chi connectivity index (χ0) is 12.3. The summed E-state index contributed by atoms with van der Waals surface area (Å²) in [7, 11) is 0. The van der Waals surface area contributed by atoms with Gasteiger partial charge in [-0.2, -0.15) is 0 Å². The van der Waals surface area contributed by atoms with Crippen molar-refractivity contribution in [2.75, 3.05) is 0 Å². The van der Waals surface area contributed by atoms with Crippen molar-refractivity contribution in [3.05, 3.63) is 39.8 Å². The number of aromatic nitrogens is 1. The number of benzene rings is 2. The van der Waals surface area contributed by atoms with Gasteiger partial charge in [0.1, 0.15) is 11.2 Å². The van der Waals surface area contributed by atoms with Crippen LogP contribution in [0.3, 0.4) is 0 Å². The van der Waals surface area contributed by atoms with Crippen LogP contribution in [0.4, 0.5) is 0 Å². The van der Waals surface area contributed by atoms with Crippen molar-refractivity contribution in [3.8, 4) is 0 Å². The minimum atomic E-state index is 0.546. The Hall–Kier alpha value is -1.29. The molecule has 0 fully saturated rings. The summed E-state index contributed by atoms with van der Waals surface area (Å²) in [5, 5.41) is 2.75. The molecule has 2 aromatic carbocycles. The highest BCUT2D eigenvalue weighted by Gasteiger charge is 2.11. The van der Waals surface area contributed by atoms with E-state index in [1.807, 2.05) is 30.3 Å². The van der Waals surface area contributed by atoms with E-state index in [1.165, 1.54) is 11.3 Å². The molecule has 2 heterocycles. The zero-order valence-corrected chi connectivity index (χ0v) is 11.2. The van der Waals surface area contributed by atoms with Gasteiger partial charge in [0.2, 0.25) is 0 Å². The van der Waals surface area contributed by atoms with Crippen LogP contribution in [0.1, 0.15) is 0 Å². The van der Waals surface area contributed by atoms with Gasteiger partial charge in [0.05, 0.1) is 10.2 Å². The third-order valence-corrected chi connectivity index (χ3v) is 4.28. The van der Waals surface area contributed by atoms with Crippen LogP contribution >= 0.6 is 34.5 Å². The maximum Gasteiger partial charge on any atom is 0.184 e. The first-order chi connectivity index (χ1) is 8.70. The third kappa shape index (κ3) is 1.45. The summed E-state index contributed by atoms with van der Waals surface area (Å²) in [4.78, 5) is 4.28. The van der Waals surface area contributed by atoms with Gasteiger partial charge in [0.15, 0.2) is 4.47 Å². The molecule has 0 aliphatic carbocycles. The van der Waals surface area contributed by atoms with E-state index in [4.69, 9.17) is 27.6 Å². The van der Waals surface area contributed by atoms with Crippen molar-refractivity contribution in [2.45, 2.75) is 0 Å². The molecular formula is C13H5Cl2NOS. The van der Waals surface area contributed by atoms with Crippen LogP contribution < -0.4 is 0 Å². The molecule has 0 bridgehead atoms. The lowest BCUT2D eigenvalue weighted by Gasteiger charge is -1.90. The van der Waals surface area contributed by atoms with Gasteiger partial charge in [-0.05, 0) is 18.2 Å². The summed E-state index contributed by atoms with van der Waals surface area (Å²) in [6.45, 7) is 0. The fraction of sp³-hybridized carbons (Fsp3) is 0. The SMILES string of the molecule is Clc1ccc2c(c1)oc1cc3sc(Cl)nc3cc12. The Kier molecular flexibility index (Phi) is 2.13. The molecule has 0 unspecified atom stereocenters. The van der Waals surface area contributed by atoms with Crippen molar-refractivity contribution in [3.63, 3.8) is 0 Å². The Morgan fingerprint density at radius 1 is 1.00 bits per heavy atom. The number of rotatable bonds is 0. The molecule has 5 heteroatoms. The third-order valence-electron chi connectivity index (χ3n) is 2.92. The molecule has 2 aromatic heterocycles. The molecule has 0 aliphatic rings. The standard InChI is InChI=1S/C13H5Cl2NOS/c14-6-1-2-7-8-4-9-12(18-13(15)16-9)5-11(8)17-10(7)3-6/h1-5H. The Morgan fingerprint density at radius 3 is 2.72 bits per heavy atom. The van der Waals surface area contributed by atoms with Gasteiger partial charge < -0.3 is 4.42 Å². The largest absolute Gasteiger partial charge is 0.456 e. The molecule has 88 valence electrons. The molecular weight excluding hydrogens is 289 g/mol. The van der Waals surface area contributed by atoms with Crippen molar-refractivity contribution < 1.29 is 4.42 Å². The number of nitrogens with zero attached hydrogens (tertiary/aromatic N) is 1. The zero-order valence-electron chi connectivity index (χ0n) is 8.91. The van der Waals surface area contributed by atoms with Crippen molar-refractivity contribution in [1.82, 2.24) is 4.98 Å². The minimum absolute atomic E-state index is 0.546. The summed E-state index contributed by atoms with van der Waals surface area (Å²) in [5.41, 5.74) is 2.52. The molecule has 4 rings (SSSR count). The monoisotopic (exact) mass is 293 g/mol. The minimum Gasteiger partial charge on any atom is -0.456 e. The van der Waals surface area contributed by atoms with Gasteiger partial charge in [-0.1, -0.05) is 23.2 Å². The van der Waals surface area contributed by atoms with Gasteiger partial charge in [-0.25, -0.2) is 4.98 Å². The molecule has 0 amide bonds. The molecule has 0 saturated heterocycles. The predicted octanol–water partition coefficient (Wildman–Crippen LogP) is 5.50. The summed E-state index contributed by atoms with van der Waals surface area (Å²) in [6, 6.07) is 9.63. The summed E-state index contributed by atoms with van der Waals surface area (Å²) < 4.78 is 7.37. The van der Waals surface area contributed by atoms with Crippen LogP contribution in [0.2, 0.25) is 9.49 Å². The van der Waals surface area contributed by atoms with Crippen molar-refractivity contribution >= 4 is 66.7 Å². The van der Waals surface area contributed by atoms with Crippen LogP contribution in [0.15, 0.2) is 34.7 Å². The second-order valence-electron chi connectivity index (χ2n) is 4.03. The molecule has 2 nitrogen and oxygen atoms in total. The summed E-state index contributed by atoms with van der Waals surface area (Å²) in [5.74, 6) is 0. The fourth-order valence-corrected chi connectivity index (χ4v) is 3.35. The number of hydrogen-bond acceptors (Lipinski definition) is 3. The number of furan rings is 1. The average Bonchev–Trinajstić information content (AvgIpc) is 2.83. The van der Waals surface area contributed by atoms with E-state index in [2.05, 4.69) is 4.98 Å². The fourth-order valence-electron chi connectivity index (χ4n) is 2.14. The van der Waals surface area contributed by atoms with Gasteiger partial charge in [0.25, 0.3) is 0 Å². The van der Waals surface area contributed by atoms with Crippen LogP contribution in [0, 0.1) is 0 Å². The van der Waals surface area contributed by atoms with Crippen molar-refractivity contribution in [2.24, 2.45) is 0 Å². The second kappa shape index (κ2) is 3.60. The molecule has 0 aliphatic heterocycles. The first-order valence-electron chi connectivity index (χ1n) is 5.28. The Bertz CT molecular complexity index is 909. The van der Waals surface area contributed by atoms with Crippen LogP contribution in [-0.2, 0) is 0 Å². The second-order valence-corrected chi connectivity index (χ2v) is 6.07. The highest BCUT2D eigenvalue weighted by molar-refractivity contribution is 7.22. The van der Waals surface area contributed by atoms with Crippen LogP contribution in [0.5, 0.6) is 0 Å². The molecule has 4 aromatic rings. The van der Waals surface area contributed by atoms with E-state index < -0.39 is 0 Å². The van der Waals surface area contributed by atoms with E-state index in [-0.39, 0.29) is 0 Å². The normalized spacial score (nSPS) is 11.9. The molecule has 0 radical (unpaired) electrons. The lowest BCUT2D eigenvalue weighted by molar-refractivity contribution is 0.669. The van der Waals surface area contributed by atoms with E-state index in [0.717, 1.165) is 32.2 Å². The Labute approximate surface area is 116 Å². The first-order valence-corrected chi connectivity index (χ1v) is 6.86.